The first kappa shape index (κ1) is 19.3. The van der Waals surface area contributed by atoms with Crippen LogP contribution in [0.5, 0.6) is 0 Å². The van der Waals surface area contributed by atoms with E-state index in [0.717, 1.165) is 47.6 Å². The van der Waals surface area contributed by atoms with Crippen molar-refractivity contribution >= 4 is 5.91 Å². The lowest BCUT2D eigenvalue weighted by atomic mass is 9.93. The first-order valence-electron chi connectivity index (χ1n) is 10.3. The maximum absolute atomic E-state index is 13.1. The van der Waals surface area contributed by atoms with Crippen LogP contribution in [0.1, 0.15) is 51.5 Å². The molecule has 0 N–H and O–H groups in total. The fourth-order valence-electron chi connectivity index (χ4n) is 3.90. The van der Waals surface area contributed by atoms with Crippen molar-refractivity contribution in [3.63, 3.8) is 0 Å². The first-order chi connectivity index (χ1) is 14.0. The van der Waals surface area contributed by atoms with Gasteiger partial charge in [-0.3, -0.25) is 4.79 Å². The van der Waals surface area contributed by atoms with Gasteiger partial charge in [-0.2, -0.15) is 0 Å². The van der Waals surface area contributed by atoms with E-state index < -0.39 is 0 Å². The van der Waals surface area contributed by atoms with Gasteiger partial charge < -0.3 is 4.90 Å². The standard InChI is InChI=1S/C25H27N3O/c1-17-6-9-20(10-7-17)24-26-13-12-23(27-24)22-5-4-14-28(16-22)25(29)21-11-8-18(2)19(3)15-21/h6-13,15,22H,4-5,14,16H2,1-3H3/t22-/m0/s1. The molecule has 0 saturated carbocycles. The third-order valence-electron chi connectivity index (χ3n) is 5.87. The van der Waals surface area contributed by atoms with Crippen LogP contribution in [0.3, 0.4) is 0 Å². The quantitative estimate of drug-likeness (QED) is 0.631. The second-order valence-electron chi connectivity index (χ2n) is 8.06. The zero-order chi connectivity index (χ0) is 20.4. The van der Waals surface area contributed by atoms with Gasteiger partial charge in [-0.25, -0.2) is 9.97 Å². The van der Waals surface area contributed by atoms with Crippen molar-refractivity contribution in [3.05, 3.63) is 82.7 Å². The molecule has 0 radical (unpaired) electrons. The SMILES string of the molecule is Cc1ccc(-c2nccc([C@H]3CCCN(C(=O)c4ccc(C)c(C)c4)C3)n2)cc1. The number of hydrogen-bond donors (Lipinski definition) is 0. The summed E-state index contributed by atoms with van der Waals surface area (Å²) in [4.78, 5) is 24.3. The Labute approximate surface area is 172 Å². The molecule has 2 aromatic carbocycles. The van der Waals surface area contributed by atoms with Crippen LogP contribution in [0.4, 0.5) is 0 Å². The summed E-state index contributed by atoms with van der Waals surface area (Å²) in [5.41, 5.74) is 6.41. The minimum absolute atomic E-state index is 0.116. The van der Waals surface area contributed by atoms with E-state index in [-0.39, 0.29) is 11.8 Å². The van der Waals surface area contributed by atoms with Gasteiger partial charge in [-0.15, -0.1) is 0 Å². The number of piperidine rings is 1. The third kappa shape index (κ3) is 4.21. The van der Waals surface area contributed by atoms with E-state index in [0.29, 0.717) is 6.54 Å². The lowest BCUT2D eigenvalue weighted by Crippen LogP contribution is -2.39. The normalized spacial score (nSPS) is 16.7. The van der Waals surface area contributed by atoms with Crippen LogP contribution in [0.25, 0.3) is 11.4 Å². The van der Waals surface area contributed by atoms with Crippen LogP contribution in [-0.4, -0.2) is 33.9 Å². The number of hydrogen-bond acceptors (Lipinski definition) is 3. The fraction of sp³-hybridized carbons (Fsp3) is 0.320. The molecule has 3 aromatic rings. The van der Waals surface area contributed by atoms with E-state index in [9.17, 15) is 4.79 Å². The van der Waals surface area contributed by atoms with Crippen LogP contribution in [0, 0.1) is 20.8 Å². The average Bonchev–Trinajstić information content (AvgIpc) is 2.76. The molecular formula is C25H27N3O. The van der Waals surface area contributed by atoms with Crippen molar-refractivity contribution in [1.29, 1.82) is 0 Å². The van der Waals surface area contributed by atoms with Gasteiger partial charge in [0.25, 0.3) is 5.91 Å². The van der Waals surface area contributed by atoms with Gasteiger partial charge >= 0.3 is 0 Å². The monoisotopic (exact) mass is 385 g/mol. The molecule has 4 nitrogen and oxygen atoms in total. The molecule has 1 aliphatic rings. The number of likely N-dealkylation sites (tertiary alicyclic amines) is 1. The molecule has 1 aromatic heterocycles. The lowest BCUT2D eigenvalue weighted by molar-refractivity contribution is 0.0706. The van der Waals surface area contributed by atoms with Gasteiger partial charge in [0.2, 0.25) is 0 Å². The molecule has 1 fully saturated rings. The molecule has 2 heterocycles. The highest BCUT2D eigenvalue weighted by atomic mass is 16.2. The largest absolute Gasteiger partial charge is 0.338 e. The van der Waals surface area contributed by atoms with Crippen molar-refractivity contribution in [2.75, 3.05) is 13.1 Å². The highest BCUT2D eigenvalue weighted by Gasteiger charge is 2.26. The van der Waals surface area contributed by atoms with Crippen molar-refractivity contribution in [3.8, 4) is 11.4 Å². The van der Waals surface area contributed by atoms with E-state index in [1.165, 1.54) is 11.1 Å². The third-order valence-corrected chi connectivity index (χ3v) is 5.87. The Morgan fingerprint density at radius 1 is 1.00 bits per heavy atom. The molecule has 0 spiro atoms. The zero-order valence-corrected chi connectivity index (χ0v) is 17.4. The van der Waals surface area contributed by atoms with Crippen LogP contribution >= 0.6 is 0 Å². The Bertz CT molecular complexity index is 1030. The summed E-state index contributed by atoms with van der Waals surface area (Å²) in [5, 5.41) is 0. The van der Waals surface area contributed by atoms with Crippen LogP contribution in [0.2, 0.25) is 0 Å². The Hall–Kier alpha value is -3.01. The Balaban J connectivity index is 1.54. The molecule has 29 heavy (non-hydrogen) atoms. The number of rotatable bonds is 3. The Morgan fingerprint density at radius 2 is 1.79 bits per heavy atom. The predicted molar refractivity (Wildman–Crippen MR) is 116 cm³/mol. The second kappa shape index (κ2) is 8.16. The van der Waals surface area contributed by atoms with Gasteiger partial charge in [-0.05, 0) is 62.9 Å². The molecule has 148 valence electrons. The number of benzene rings is 2. The topological polar surface area (TPSA) is 46.1 Å². The summed E-state index contributed by atoms with van der Waals surface area (Å²) < 4.78 is 0. The maximum atomic E-state index is 13.1. The highest BCUT2D eigenvalue weighted by molar-refractivity contribution is 5.94. The smallest absolute Gasteiger partial charge is 0.253 e. The van der Waals surface area contributed by atoms with Gasteiger partial charge in [0.15, 0.2) is 5.82 Å². The Morgan fingerprint density at radius 3 is 2.55 bits per heavy atom. The van der Waals surface area contributed by atoms with Crippen molar-refractivity contribution in [2.45, 2.75) is 39.5 Å². The van der Waals surface area contributed by atoms with Gasteiger partial charge in [0.05, 0.1) is 0 Å². The summed E-state index contributed by atoms with van der Waals surface area (Å²) in [6, 6.07) is 16.2. The number of amides is 1. The van der Waals surface area contributed by atoms with Gasteiger partial charge in [0, 0.05) is 42.0 Å². The lowest BCUT2D eigenvalue weighted by Gasteiger charge is -2.32. The van der Waals surface area contributed by atoms with E-state index >= 15 is 0 Å². The number of aryl methyl sites for hydroxylation is 3. The first-order valence-corrected chi connectivity index (χ1v) is 10.3. The summed E-state index contributed by atoms with van der Waals surface area (Å²) in [7, 11) is 0. The molecule has 0 unspecified atom stereocenters. The number of aromatic nitrogens is 2. The maximum Gasteiger partial charge on any atom is 0.253 e. The Kier molecular flexibility index (Phi) is 5.43. The van der Waals surface area contributed by atoms with E-state index in [4.69, 9.17) is 4.98 Å². The molecule has 0 bridgehead atoms. The van der Waals surface area contributed by atoms with Crippen molar-refractivity contribution in [2.24, 2.45) is 0 Å². The average molecular weight is 386 g/mol. The van der Waals surface area contributed by atoms with Gasteiger partial charge in [-0.1, -0.05) is 35.9 Å². The fourth-order valence-corrected chi connectivity index (χ4v) is 3.90. The number of nitrogens with zero attached hydrogens (tertiary/aromatic N) is 3. The highest BCUT2D eigenvalue weighted by Crippen LogP contribution is 2.28. The second-order valence-corrected chi connectivity index (χ2v) is 8.06. The van der Waals surface area contributed by atoms with E-state index in [1.54, 1.807) is 0 Å². The molecule has 1 saturated heterocycles. The van der Waals surface area contributed by atoms with Gasteiger partial charge in [0.1, 0.15) is 0 Å². The zero-order valence-electron chi connectivity index (χ0n) is 17.4. The van der Waals surface area contributed by atoms with E-state index in [2.05, 4.69) is 50.0 Å². The molecule has 4 rings (SSSR count). The summed E-state index contributed by atoms with van der Waals surface area (Å²) in [6.45, 7) is 7.71. The summed E-state index contributed by atoms with van der Waals surface area (Å²) >= 11 is 0. The number of carbonyl (C=O) groups excluding carboxylic acids is 1. The summed E-state index contributed by atoms with van der Waals surface area (Å²) in [6.07, 6.45) is 3.87. The van der Waals surface area contributed by atoms with Crippen molar-refractivity contribution in [1.82, 2.24) is 14.9 Å². The molecule has 4 heteroatoms. The molecule has 0 aliphatic carbocycles. The van der Waals surface area contributed by atoms with E-state index in [1.807, 2.05) is 35.4 Å². The minimum Gasteiger partial charge on any atom is -0.338 e. The predicted octanol–water partition coefficient (Wildman–Crippen LogP) is 5.09. The molecular weight excluding hydrogens is 358 g/mol. The van der Waals surface area contributed by atoms with Crippen LogP contribution in [-0.2, 0) is 0 Å². The molecule has 1 atom stereocenters. The van der Waals surface area contributed by atoms with Crippen molar-refractivity contribution < 1.29 is 4.79 Å². The molecule has 1 aliphatic heterocycles. The molecule has 1 amide bonds. The number of carbonyl (C=O) groups is 1. The summed E-state index contributed by atoms with van der Waals surface area (Å²) in [5.74, 6) is 1.11. The van der Waals surface area contributed by atoms with Crippen LogP contribution < -0.4 is 0 Å². The van der Waals surface area contributed by atoms with Crippen LogP contribution in [0.15, 0.2) is 54.7 Å². The minimum atomic E-state index is 0.116.